The Balaban J connectivity index is 2.28. The predicted octanol–water partition coefficient (Wildman–Crippen LogP) is 1.92. The molecule has 0 amide bonds. The fourth-order valence-electron chi connectivity index (χ4n) is 2.61. The van der Waals surface area contributed by atoms with Crippen molar-refractivity contribution in [1.29, 1.82) is 0 Å². The van der Waals surface area contributed by atoms with Crippen LogP contribution < -0.4 is 5.73 Å². The van der Waals surface area contributed by atoms with Crippen LogP contribution in [-0.2, 0) is 0 Å². The van der Waals surface area contributed by atoms with Crippen LogP contribution in [-0.4, -0.2) is 54.6 Å². The van der Waals surface area contributed by atoms with E-state index in [4.69, 9.17) is 5.73 Å². The van der Waals surface area contributed by atoms with Gasteiger partial charge in [0.2, 0.25) is 0 Å². The van der Waals surface area contributed by atoms with Crippen LogP contribution in [0.3, 0.4) is 0 Å². The van der Waals surface area contributed by atoms with Gasteiger partial charge in [-0.1, -0.05) is 6.92 Å². The van der Waals surface area contributed by atoms with Crippen LogP contribution in [0.5, 0.6) is 0 Å². The van der Waals surface area contributed by atoms with Crippen molar-refractivity contribution in [2.45, 2.75) is 52.0 Å². The van der Waals surface area contributed by atoms with Crippen molar-refractivity contribution < 1.29 is 0 Å². The molecule has 1 saturated heterocycles. The van der Waals surface area contributed by atoms with Gasteiger partial charge in [-0.3, -0.25) is 4.90 Å². The summed E-state index contributed by atoms with van der Waals surface area (Å²) in [6, 6.07) is 0. The molecular weight excluding hydrogens is 210 g/mol. The average molecular weight is 241 g/mol. The third kappa shape index (κ3) is 4.94. The van der Waals surface area contributed by atoms with Gasteiger partial charge in [-0.25, -0.2) is 0 Å². The van der Waals surface area contributed by atoms with E-state index < -0.39 is 0 Å². The summed E-state index contributed by atoms with van der Waals surface area (Å²) in [5, 5.41) is 0. The Labute approximate surface area is 107 Å². The first-order valence-corrected chi connectivity index (χ1v) is 7.27. The summed E-state index contributed by atoms with van der Waals surface area (Å²) in [7, 11) is 0. The molecule has 0 radical (unpaired) electrons. The minimum atomic E-state index is 0.154. The first-order chi connectivity index (χ1) is 8.10. The predicted molar refractivity (Wildman–Crippen MR) is 75.3 cm³/mol. The fourth-order valence-corrected chi connectivity index (χ4v) is 2.61. The largest absolute Gasteiger partial charge is 0.329 e. The van der Waals surface area contributed by atoms with Crippen LogP contribution in [0.1, 0.15) is 46.5 Å². The lowest BCUT2D eigenvalue weighted by Crippen LogP contribution is -2.50. The molecule has 1 aliphatic rings. The molecule has 17 heavy (non-hydrogen) atoms. The Morgan fingerprint density at radius 2 is 1.82 bits per heavy atom. The molecule has 0 bridgehead atoms. The summed E-state index contributed by atoms with van der Waals surface area (Å²) in [5.74, 6) is 0. The minimum absolute atomic E-state index is 0.154. The molecule has 0 aromatic heterocycles. The molecule has 1 rings (SSSR count). The van der Waals surface area contributed by atoms with Crippen molar-refractivity contribution in [3.05, 3.63) is 0 Å². The molecule has 1 fully saturated rings. The Bertz CT molecular complexity index is 198. The van der Waals surface area contributed by atoms with E-state index in [1.165, 1.54) is 58.4 Å². The highest BCUT2D eigenvalue weighted by Crippen LogP contribution is 2.14. The van der Waals surface area contributed by atoms with Crippen molar-refractivity contribution in [2.75, 3.05) is 39.3 Å². The third-order valence-electron chi connectivity index (χ3n) is 3.95. The van der Waals surface area contributed by atoms with Crippen LogP contribution in [0.25, 0.3) is 0 Å². The molecule has 3 heteroatoms. The van der Waals surface area contributed by atoms with Crippen molar-refractivity contribution in [3.8, 4) is 0 Å². The highest BCUT2D eigenvalue weighted by molar-refractivity contribution is 4.82. The van der Waals surface area contributed by atoms with E-state index in [2.05, 4.69) is 30.6 Å². The molecule has 0 aromatic carbocycles. The molecule has 1 aliphatic heterocycles. The maximum atomic E-state index is 5.88. The zero-order valence-electron chi connectivity index (χ0n) is 12.0. The van der Waals surface area contributed by atoms with Crippen molar-refractivity contribution in [2.24, 2.45) is 5.73 Å². The van der Waals surface area contributed by atoms with Gasteiger partial charge >= 0.3 is 0 Å². The number of nitrogens with zero attached hydrogens (tertiary/aromatic N) is 2. The Morgan fingerprint density at radius 3 is 2.35 bits per heavy atom. The van der Waals surface area contributed by atoms with Crippen molar-refractivity contribution >= 4 is 0 Å². The molecule has 0 unspecified atom stereocenters. The van der Waals surface area contributed by atoms with E-state index in [1.54, 1.807) is 0 Å². The van der Waals surface area contributed by atoms with Gasteiger partial charge in [-0.05, 0) is 72.3 Å². The highest BCUT2D eigenvalue weighted by atomic mass is 15.2. The second kappa shape index (κ2) is 7.34. The van der Waals surface area contributed by atoms with Crippen LogP contribution in [0, 0.1) is 0 Å². The summed E-state index contributed by atoms with van der Waals surface area (Å²) >= 11 is 0. The molecule has 0 saturated carbocycles. The monoisotopic (exact) mass is 241 g/mol. The lowest BCUT2D eigenvalue weighted by atomic mass is 10.0. The van der Waals surface area contributed by atoms with Gasteiger partial charge in [0.15, 0.2) is 0 Å². The molecular formula is C14H31N3. The second-order valence-electron chi connectivity index (χ2n) is 5.91. The molecule has 0 aliphatic carbocycles. The SMILES string of the molecule is CCCN(CCCN1CCCC1)C(C)(C)CN. The van der Waals surface area contributed by atoms with Crippen LogP contribution in [0.4, 0.5) is 0 Å². The summed E-state index contributed by atoms with van der Waals surface area (Å²) in [6.45, 7) is 13.8. The normalized spacial score (nSPS) is 18.2. The first-order valence-electron chi connectivity index (χ1n) is 7.27. The van der Waals surface area contributed by atoms with Gasteiger partial charge in [0.05, 0.1) is 0 Å². The van der Waals surface area contributed by atoms with Gasteiger partial charge < -0.3 is 10.6 Å². The molecule has 2 N–H and O–H groups in total. The molecule has 0 atom stereocenters. The molecule has 3 nitrogen and oxygen atoms in total. The summed E-state index contributed by atoms with van der Waals surface area (Å²) < 4.78 is 0. The van der Waals surface area contributed by atoms with Gasteiger partial charge in [0.25, 0.3) is 0 Å². The van der Waals surface area contributed by atoms with E-state index in [0.717, 1.165) is 6.54 Å². The number of hydrogen-bond donors (Lipinski definition) is 1. The second-order valence-corrected chi connectivity index (χ2v) is 5.91. The van der Waals surface area contributed by atoms with Gasteiger partial charge in [-0.2, -0.15) is 0 Å². The number of nitrogens with two attached hydrogens (primary N) is 1. The van der Waals surface area contributed by atoms with Crippen molar-refractivity contribution in [1.82, 2.24) is 9.80 Å². The topological polar surface area (TPSA) is 32.5 Å². The standard InChI is InChI=1S/C14H31N3/c1-4-8-17(14(2,3)13-15)12-7-11-16-9-5-6-10-16/h4-13,15H2,1-3H3. The van der Waals surface area contributed by atoms with E-state index in [0.29, 0.717) is 0 Å². The van der Waals surface area contributed by atoms with E-state index >= 15 is 0 Å². The smallest absolute Gasteiger partial charge is 0.0275 e. The maximum Gasteiger partial charge on any atom is 0.0275 e. The fraction of sp³-hybridized carbons (Fsp3) is 1.00. The van der Waals surface area contributed by atoms with E-state index in [9.17, 15) is 0 Å². The summed E-state index contributed by atoms with van der Waals surface area (Å²) in [4.78, 5) is 5.16. The third-order valence-corrected chi connectivity index (χ3v) is 3.95. The first kappa shape index (κ1) is 14.9. The Morgan fingerprint density at radius 1 is 1.18 bits per heavy atom. The number of hydrogen-bond acceptors (Lipinski definition) is 3. The minimum Gasteiger partial charge on any atom is -0.329 e. The molecule has 0 aromatic rings. The van der Waals surface area contributed by atoms with Crippen molar-refractivity contribution in [3.63, 3.8) is 0 Å². The van der Waals surface area contributed by atoms with Crippen LogP contribution >= 0.6 is 0 Å². The van der Waals surface area contributed by atoms with Crippen LogP contribution in [0.15, 0.2) is 0 Å². The lowest BCUT2D eigenvalue weighted by molar-refractivity contribution is 0.120. The number of likely N-dealkylation sites (tertiary alicyclic amines) is 1. The molecule has 102 valence electrons. The number of rotatable bonds is 8. The maximum absolute atomic E-state index is 5.88. The Kier molecular flexibility index (Phi) is 6.45. The Hall–Kier alpha value is -0.120. The highest BCUT2D eigenvalue weighted by Gasteiger charge is 2.24. The van der Waals surface area contributed by atoms with Gasteiger partial charge in [0.1, 0.15) is 0 Å². The van der Waals surface area contributed by atoms with Gasteiger partial charge in [-0.15, -0.1) is 0 Å². The van der Waals surface area contributed by atoms with E-state index in [1.807, 2.05) is 0 Å². The zero-order valence-corrected chi connectivity index (χ0v) is 12.0. The van der Waals surface area contributed by atoms with Crippen LogP contribution in [0.2, 0.25) is 0 Å². The van der Waals surface area contributed by atoms with E-state index in [-0.39, 0.29) is 5.54 Å². The quantitative estimate of drug-likeness (QED) is 0.705. The molecule has 1 heterocycles. The lowest BCUT2D eigenvalue weighted by Gasteiger charge is -2.38. The summed E-state index contributed by atoms with van der Waals surface area (Å²) in [6.07, 6.45) is 5.29. The molecule has 0 spiro atoms. The summed E-state index contributed by atoms with van der Waals surface area (Å²) in [5.41, 5.74) is 6.03. The average Bonchev–Trinajstić information content (AvgIpc) is 2.81. The van der Waals surface area contributed by atoms with Gasteiger partial charge in [0, 0.05) is 12.1 Å². The zero-order chi connectivity index (χ0) is 12.7.